The minimum absolute atomic E-state index is 0.166. The van der Waals surface area contributed by atoms with E-state index in [0.29, 0.717) is 19.5 Å². The van der Waals surface area contributed by atoms with Gasteiger partial charge < -0.3 is 19.9 Å². The molecular weight excluding hydrogens is 743 g/mol. The van der Waals surface area contributed by atoms with E-state index < -0.39 is 41.7 Å². The van der Waals surface area contributed by atoms with Crippen LogP contribution in [0.4, 0.5) is 4.79 Å². The summed E-state index contributed by atoms with van der Waals surface area (Å²) in [7, 11) is 0. The summed E-state index contributed by atoms with van der Waals surface area (Å²) in [6.45, 7) is 14.0. The van der Waals surface area contributed by atoms with E-state index in [0.717, 1.165) is 97.0 Å². The number of amides is 3. The number of ether oxygens (including phenoxy) is 2. The number of aliphatic hydroxyl groups is 1. The number of fused-ring (bicyclic) bond motifs is 1. The molecule has 5 atom stereocenters. The van der Waals surface area contributed by atoms with Gasteiger partial charge in [0, 0.05) is 37.6 Å². The lowest BCUT2D eigenvalue weighted by molar-refractivity contribution is -0.156. The minimum Gasteiger partial charge on any atom is -0.457 e. The van der Waals surface area contributed by atoms with Gasteiger partial charge in [-0.05, 0) is 89.8 Å². The van der Waals surface area contributed by atoms with E-state index in [1.165, 1.54) is 17.1 Å². The van der Waals surface area contributed by atoms with Gasteiger partial charge in [-0.2, -0.15) is 0 Å². The van der Waals surface area contributed by atoms with E-state index >= 15 is 0 Å². The number of aliphatic hydroxyl groups excluding tert-OH is 1. The quantitative estimate of drug-likeness (QED) is 0.0778. The third-order valence-corrected chi connectivity index (χ3v) is 12.3. The number of Topliss-reactive ketones (excluding diaryl/α,β-unsaturated/α-hetero) is 1. The Balaban J connectivity index is 1.39. The summed E-state index contributed by atoms with van der Waals surface area (Å²) < 4.78 is 13.2. The van der Waals surface area contributed by atoms with Crippen LogP contribution in [0.2, 0.25) is 0 Å². The van der Waals surface area contributed by atoms with E-state index in [2.05, 4.69) is 29.9 Å². The second kappa shape index (κ2) is 22.1. The molecule has 4 rings (SSSR count). The highest BCUT2D eigenvalue weighted by Gasteiger charge is 2.46. The van der Waals surface area contributed by atoms with Crippen molar-refractivity contribution >= 4 is 51.2 Å². The van der Waals surface area contributed by atoms with Gasteiger partial charge in [-0.3, -0.25) is 24.1 Å². The Hall–Kier alpha value is -4.16. The molecule has 0 unspecified atom stereocenters. The van der Waals surface area contributed by atoms with Crippen LogP contribution in [0, 0.1) is 24.2 Å². The predicted molar refractivity (Wildman–Crippen MR) is 223 cm³/mol. The number of alkyl carbamates (subject to hydrolysis) is 1. The summed E-state index contributed by atoms with van der Waals surface area (Å²) in [6, 6.07) is 5.91. The number of nitrogens with zero attached hydrogens (tertiary/aromatic N) is 2. The fourth-order valence-corrected chi connectivity index (χ4v) is 8.49. The molecule has 3 heterocycles. The molecule has 12 heteroatoms. The first-order valence-electron chi connectivity index (χ1n) is 20.7. The molecule has 312 valence electrons. The van der Waals surface area contributed by atoms with Gasteiger partial charge in [0.1, 0.15) is 18.0 Å². The molecule has 2 aromatic rings. The van der Waals surface area contributed by atoms with Gasteiger partial charge >= 0.3 is 12.1 Å². The molecule has 0 radical (unpaired) electrons. The molecule has 0 saturated heterocycles. The maximum atomic E-state index is 14.4. The zero-order valence-corrected chi connectivity index (χ0v) is 35.4. The van der Waals surface area contributed by atoms with Crippen molar-refractivity contribution in [2.75, 3.05) is 13.1 Å². The number of carbonyl (C=O) groups excluding carboxylic acids is 5. The summed E-state index contributed by atoms with van der Waals surface area (Å²) in [6.07, 6.45) is 13.1. The first-order chi connectivity index (χ1) is 27.2. The second-order valence-electron chi connectivity index (χ2n) is 16.3. The number of imide groups is 1. The fraction of sp³-hybridized carbons (Fsp3) is 0.600. The number of hydrogen-bond acceptors (Lipinski definition) is 10. The standard InChI is InChI=1S/C45H63N3O8S/c1-7-17-34-42(52)31(3)19-16-18-30(2)20-22-36(33-21-23-37-35(28-33)47-32(4)57-37)55-41(51)29-38(45(5,6)43(34)53)56-44(54)46-26-14-12-10-8-9-11-13-15-27-48-39(49)24-25-40(48)50/h7,20-21,23-25,28,31,34,36,38,42,52H,1,8-19,22,26-27,29H2,2-6H3,(H,46,54)/b30-20-/t31-,34+,36-,38-,42-/m0/s1. The van der Waals surface area contributed by atoms with Crippen LogP contribution in [0.15, 0.2) is 54.7 Å². The number of esters is 1. The average molecular weight is 806 g/mol. The highest BCUT2D eigenvalue weighted by atomic mass is 32.1. The van der Waals surface area contributed by atoms with Crippen molar-refractivity contribution < 1.29 is 38.6 Å². The summed E-state index contributed by atoms with van der Waals surface area (Å²) in [5.74, 6) is -2.33. The van der Waals surface area contributed by atoms with E-state index in [1.54, 1.807) is 31.3 Å². The first-order valence-corrected chi connectivity index (χ1v) is 21.6. The summed E-state index contributed by atoms with van der Waals surface area (Å²) in [5, 5.41) is 15.3. The minimum atomic E-state index is -1.35. The Morgan fingerprint density at radius 3 is 2.40 bits per heavy atom. The summed E-state index contributed by atoms with van der Waals surface area (Å²) in [5.41, 5.74) is 1.45. The predicted octanol–water partition coefficient (Wildman–Crippen LogP) is 9.02. The second-order valence-corrected chi connectivity index (χ2v) is 17.6. The van der Waals surface area contributed by atoms with Crippen molar-refractivity contribution in [3.63, 3.8) is 0 Å². The van der Waals surface area contributed by atoms with Gasteiger partial charge in [-0.1, -0.05) is 69.2 Å². The number of ketones is 1. The van der Waals surface area contributed by atoms with Crippen molar-refractivity contribution in [1.82, 2.24) is 15.2 Å². The smallest absolute Gasteiger partial charge is 0.407 e. The zero-order valence-electron chi connectivity index (χ0n) is 34.6. The number of hydrogen-bond donors (Lipinski definition) is 2. The molecule has 0 aliphatic carbocycles. The lowest BCUT2D eigenvalue weighted by Crippen LogP contribution is -2.49. The molecule has 0 spiro atoms. The molecule has 2 aliphatic heterocycles. The highest BCUT2D eigenvalue weighted by molar-refractivity contribution is 7.18. The molecule has 0 saturated carbocycles. The van der Waals surface area contributed by atoms with Gasteiger partial charge in [0.25, 0.3) is 11.8 Å². The van der Waals surface area contributed by atoms with E-state index in [1.807, 2.05) is 32.0 Å². The summed E-state index contributed by atoms with van der Waals surface area (Å²) >= 11 is 1.60. The van der Waals surface area contributed by atoms with Crippen molar-refractivity contribution in [2.24, 2.45) is 17.3 Å². The summed E-state index contributed by atoms with van der Waals surface area (Å²) in [4.78, 5) is 70.8. The van der Waals surface area contributed by atoms with Gasteiger partial charge in [0.05, 0.1) is 33.2 Å². The van der Waals surface area contributed by atoms with Crippen LogP contribution in [-0.2, 0) is 28.7 Å². The number of aromatic nitrogens is 1. The number of allylic oxidation sites excluding steroid dienone is 2. The largest absolute Gasteiger partial charge is 0.457 e. The molecule has 1 aromatic heterocycles. The molecule has 3 amide bonds. The van der Waals surface area contributed by atoms with Crippen molar-refractivity contribution in [2.45, 2.75) is 143 Å². The third-order valence-electron chi connectivity index (χ3n) is 11.3. The number of benzene rings is 1. The maximum absolute atomic E-state index is 14.4. The van der Waals surface area contributed by atoms with E-state index in [4.69, 9.17) is 9.47 Å². The Kier molecular flexibility index (Phi) is 17.7. The normalized spacial score (nSPS) is 24.6. The molecule has 1 aromatic carbocycles. The fourth-order valence-electron chi connectivity index (χ4n) is 7.68. The Labute approximate surface area is 342 Å². The van der Waals surface area contributed by atoms with Crippen LogP contribution < -0.4 is 5.32 Å². The van der Waals surface area contributed by atoms with Gasteiger partial charge in [0.15, 0.2) is 0 Å². The van der Waals surface area contributed by atoms with E-state index in [-0.39, 0.29) is 36.4 Å². The molecule has 0 bridgehead atoms. The van der Waals surface area contributed by atoms with Crippen molar-refractivity contribution in [3.05, 3.63) is 65.2 Å². The van der Waals surface area contributed by atoms with Gasteiger partial charge in [-0.25, -0.2) is 9.78 Å². The number of aryl methyl sites for hydroxylation is 1. The first kappa shape index (κ1) is 45.5. The van der Waals surface area contributed by atoms with Crippen LogP contribution in [0.1, 0.15) is 134 Å². The number of carbonyl (C=O) groups is 5. The molecule has 2 aliphatic rings. The number of nitrogens with one attached hydrogen (secondary N) is 1. The van der Waals surface area contributed by atoms with Crippen LogP contribution in [0.3, 0.4) is 0 Å². The Morgan fingerprint density at radius 2 is 1.72 bits per heavy atom. The number of thiazole rings is 1. The topological polar surface area (TPSA) is 152 Å². The number of cyclic esters (lactones) is 1. The van der Waals surface area contributed by atoms with Gasteiger partial charge in [-0.15, -0.1) is 17.9 Å². The molecular formula is C45H63N3O8S. The lowest BCUT2D eigenvalue weighted by atomic mass is 9.71. The van der Waals surface area contributed by atoms with Crippen LogP contribution in [-0.4, -0.2) is 69.9 Å². The SMILES string of the molecule is C=CC[C@H]1C(=O)C(C)(C)[C@@H](OC(=O)NCCCCCCCCCCN2C(=O)C=CC2=O)CC(=O)O[C@H](c2ccc3sc(C)nc3c2)C/C=C(/C)CCC[C@H](C)[C@@H]1O. The van der Waals surface area contributed by atoms with Gasteiger partial charge in [0.2, 0.25) is 0 Å². The van der Waals surface area contributed by atoms with Crippen LogP contribution >= 0.6 is 11.3 Å². The average Bonchev–Trinajstić information content (AvgIpc) is 3.71. The third kappa shape index (κ3) is 13.5. The van der Waals surface area contributed by atoms with Crippen molar-refractivity contribution in [3.8, 4) is 0 Å². The zero-order chi connectivity index (χ0) is 41.5. The Morgan fingerprint density at radius 1 is 1.05 bits per heavy atom. The maximum Gasteiger partial charge on any atom is 0.407 e. The van der Waals surface area contributed by atoms with Crippen LogP contribution in [0.25, 0.3) is 10.2 Å². The lowest BCUT2D eigenvalue weighted by Gasteiger charge is -2.37. The van der Waals surface area contributed by atoms with Crippen LogP contribution in [0.5, 0.6) is 0 Å². The molecule has 2 N–H and O–H groups in total. The van der Waals surface area contributed by atoms with Crippen molar-refractivity contribution in [1.29, 1.82) is 0 Å². The molecule has 0 fully saturated rings. The number of rotatable bonds is 15. The molecule has 11 nitrogen and oxygen atoms in total. The highest BCUT2D eigenvalue weighted by Crippen LogP contribution is 2.37. The Bertz CT molecular complexity index is 1760. The van der Waals surface area contributed by atoms with E-state index in [9.17, 15) is 29.1 Å². The molecule has 57 heavy (non-hydrogen) atoms. The monoisotopic (exact) mass is 805 g/mol. The number of unbranched alkanes of at least 4 members (excludes halogenated alkanes) is 7.